The van der Waals surface area contributed by atoms with Gasteiger partial charge >= 0.3 is 5.97 Å². The molecule has 0 N–H and O–H groups in total. The van der Waals surface area contributed by atoms with Crippen molar-refractivity contribution in [3.63, 3.8) is 0 Å². The van der Waals surface area contributed by atoms with Crippen LogP contribution in [0.25, 0.3) is 0 Å². The molecule has 0 spiro atoms. The molecule has 0 aromatic heterocycles. The molecular formula is C12H24O3Si. The van der Waals surface area contributed by atoms with Crippen molar-refractivity contribution in [3.05, 3.63) is 12.2 Å². The second-order valence-electron chi connectivity index (χ2n) is 4.01. The van der Waals surface area contributed by atoms with E-state index in [1.165, 1.54) is 0 Å². The predicted molar refractivity (Wildman–Crippen MR) is 68.9 cm³/mol. The van der Waals surface area contributed by atoms with Crippen LogP contribution in [0.2, 0.25) is 18.1 Å². The van der Waals surface area contributed by atoms with Crippen molar-refractivity contribution in [3.8, 4) is 0 Å². The third-order valence-electron chi connectivity index (χ3n) is 3.01. The molecule has 0 atom stereocenters. The molecule has 0 bridgehead atoms. The Labute approximate surface area is 100.0 Å². The first-order valence-electron chi connectivity index (χ1n) is 5.98. The highest BCUT2D eigenvalue weighted by Gasteiger charge is 2.28. The van der Waals surface area contributed by atoms with Crippen LogP contribution < -0.4 is 0 Å². The zero-order valence-electron chi connectivity index (χ0n) is 11.0. The first kappa shape index (κ1) is 15.4. The summed E-state index contributed by atoms with van der Waals surface area (Å²) >= 11 is 0. The van der Waals surface area contributed by atoms with Gasteiger partial charge in [0.2, 0.25) is 0 Å². The van der Waals surface area contributed by atoms with Crippen LogP contribution in [-0.2, 0) is 14.0 Å². The van der Waals surface area contributed by atoms with Gasteiger partial charge < -0.3 is 9.16 Å². The van der Waals surface area contributed by atoms with E-state index in [1.54, 1.807) is 6.92 Å². The Morgan fingerprint density at radius 2 is 1.62 bits per heavy atom. The van der Waals surface area contributed by atoms with Gasteiger partial charge in [0.1, 0.15) is 6.61 Å². The number of carbonyl (C=O) groups is 1. The van der Waals surface area contributed by atoms with Crippen LogP contribution in [0.3, 0.4) is 0 Å². The standard InChI is InChI=1S/C12H24O3Si/c1-6-16(7-2,8-3)15-10-9-14-12(13)11(4)5/h4,6-10H2,1-3,5H3. The van der Waals surface area contributed by atoms with E-state index in [0.717, 1.165) is 18.1 Å². The van der Waals surface area contributed by atoms with Crippen molar-refractivity contribution in [2.45, 2.75) is 45.8 Å². The quantitative estimate of drug-likeness (QED) is 0.285. The third kappa shape index (κ3) is 4.94. The molecule has 0 fully saturated rings. The van der Waals surface area contributed by atoms with Gasteiger partial charge in [-0.25, -0.2) is 4.79 Å². The van der Waals surface area contributed by atoms with E-state index >= 15 is 0 Å². The highest BCUT2D eigenvalue weighted by Crippen LogP contribution is 2.21. The number of ether oxygens (including phenoxy) is 1. The molecule has 0 rings (SSSR count). The molecule has 3 nitrogen and oxygen atoms in total. The second kappa shape index (κ2) is 7.63. The fourth-order valence-corrected chi connectivity index (χ4v) is 4.20. The van der Waals surface area contributed by atoms with Gasteiger partial charge in [0.05, 0.1) is 6.61 Å². The van der Waals surface area contributed by atoms with E-state index in [2.05, 4.69) is 27.4 Å². The smallest absolute Gasteiger partial charge is 0.333 e. The van der Waals surface area contributed by atoms with Crippen LogP contribution in [-0.4, -0.2) is 27.5 Å². The SMILES string of the molecule is C=C(C)C(=O)OCCO[Si](CC)(CC)CC. The molecular weight excluding hydrogens is 220 g/mol. The van der Waals surface area contributed by atoms with Crippen molar-refractivity contribution in [2.24, 2.45) is 0 Å². The molecule has 4 heteroatoms. The highest BCUT2D eigenvalue weighted by molar-refractivity contribution is 6.73. The molecule has 0 amide bonds. The number of rotatable bonds is 8. The number of carbonyl (C=O) groups excluding carboxylic acids is 1. The average molecular weight is 244 g/mol. The molecule has 0 saturated carbocycles. The largest absolute Gasteiger partial charge is 0.460 e. The zero-order valence-corrected chi connectivity index (χ0v) is 12.0. The maximum atomic E-state index is 11.1. The monoisotopic (exact) mass is 244 g/mol. The van der Waals surface area contributed by atoms with E-state index in [4.69, 9.17) is 9.16 Å². The number of hydrogen-bond acceptors (Lipinski definition) is 3. The first-order chi connectivity index (χ1) is 7.51. The molecule has 0 radical (unpaired) electrons. The molecule has 16 heavy (non-hydrogen) atoms. The summed E-state index contributed by atoms with van der Waals surface area (Å²) in [6.07, 6.45) is 0. The molecule has 94 valence electrons. The summed E-state index contributed by atoms with van der Waals surface area (Å²) in [6.45, 7) is 12.6. The summed E-state index contributed by atoms with van der Waals surface area (Å²) in [6, 6.07) is 3.36. The van der Waals surface area contributed by atoms with Gasteiger partial charge in [-0.1, -0.05) is 27.4 Å². The van der Waals surface area contributed by atoms with Gasteiger partial charge in [0, 0.05) is 5.57 Å². The molecule has 0 aliphatic heterocycles. The summed E-state index contributed by atoms with van der Waals surface area (Å²) in [5.74, 6) is -0.333. The molecule has 0 aliphatic carbocycles. The van der Waals surface area contributed by atoms with Crippen LogP contribution in [0, 0.1) is 0 Å². The molecule has 0 aromatic carbocycles. The lowest BCUT2D eigenvalue weighted by Crippen LogP contribution is -2.37. The highest BCUT2D eigenvalue weighted by atomic mass is 28.4. The van der Waals surface area contributed by atoms with E-state index in [-0.39, 0.29) is 5.97 Å². The van der Waals surface area contributed by atoms with Crippen molar-refractivity contribution in [1.82, 2.24) is 0 Å². The van der Waals surface area contributed by atoms with Crippen LogP contribution >= 0.6 is 0 Å². The van der Waals surface area contributed by atoms with E-state index in [0.29, 0.717) is 18.8 Å². The second-order valence-corrected chi connectivity index (χ2v) is 8.78. The Hall–Kier alpha value is -0.613. The Morgan fingerprint density at radius 3 is 2.00 bits per heavy atom. The lowest BCUT2D eigenvalue weighted by Gasteiger charge is -2.27. The van der Waals surface area contributed by atoms with Crippen LogP contribution in [0.5, 0.6) is 0 Å². The maximum Gasteiger partial charge on any atom is 0.333 e. The fraction of sp³-hybridized carbons (Fsp3) is 0.750. The Morgan fingerprint density at radius 1 is 1.12 bits per heavy atom. The molecule has 0 aromatic rings. The summed E-state index contributed by atoms with van der Waals surface area (Å²) in [7, 11) is -1.53. The van der Waals surface area contributed by atoms with Crippen molar-refractivity contribution < 1.29 is 14.0 Å². The van der Waals surface area contributed by atoms with Gasteiger partial charge in [-0.3, -0.25) is 0 Å². The lowest BCUT2D eigenvalue weighted by atomic mass is 10.4. The molecule has 0 aliphatic rings. The van der Waals surface area contributed by atoms with Gasteiger partial charge in [-0.15, -0.1) is 0 Å². The number of esters is 1. The van der Waals surface area contributed by atoms with E-state index in [1.807, 2.05) is 0 Å². The van der Waals surface area contributed by atoms with Crippen LogP contribution in [0.15, 0.2) is 12.2 Å². The van der Waals surface area contributed by atoms with Gasteiger partial charge in [-0.2, -0.15) is 0 Å². The van der Waals surface area contributed by atoms with Gasteiger partial charge in [0.15, 0.2) is 8.32 Å². The van der Waals surface area contributed by atoms with Crippen LogP contribution in [0.1, 0.15) is 27.7 Å². The Kier molecular flexibility index (Phi) is 7.33. The minimum atomic E-state index is -1.53. The Balaban J connectivity index is 3.88. The minimum Gasteiger partial charge on any atom is -0.460 e. The first-order valence-corrected chi connectivity index (χ1v) is 8.50. The zero-order chi connectivity index (χ0) is 12.6. The van der Waals surface area contributed by atoms with Crippen LogP contribution in [0.4, 0.5) is 0 Å². The minimum absolute atomic E-state index is 0.333. The molecule has 0 heterocycles. The lowest BCUT2D eigenvalue weighted by molar-refractivity contribution is -0.139. The normalized spacial score (nSPS) is 11.2. The third-order valence-corrected chi connectivity index (χ3v) is 7.69. The Bertz CT molecular complexity index is 226. The summed E-state index contributed by atoms with van der Waals surface area (Å²) in [4.78, 5) is 11.1. The van der Waals surface area contributed by atoms with Gasteiger partial charge in [-0.05, 0) is 25.1 Å². The molecule has 0 saturated heterocycles. The maximum absolute atomic E-state index is 11.1. The summed E-state index contributed by atoms with van der Waals surface area (Å²) in [5, 5.41) is 0. The van der Waals surface area contributed by atoms with E-state index in [9.17, 15) is 4.79 Å². The van der Waals surface area contributed by atoms with Gasteiger partial charge in [0.25, 0.3) is 0 Å². The summed E-state index contributed by atoms with van der Waals surface area (Å²) in [5.41, 5.74) is 0.435. The number of hydrogen-bond donors (Lipinski definition) is 0. The fourth-order valence-electron chi connectivity index (χ4n) is 1.57. The van der Waals surface area contributed by atoms with Crippen molar-refractivity contribution in [2.75, 3.05) is 13.2 Å². The van der Waals surface area contributed by atoms with E-state index < -0.39 is 8.32 Å². The molecule has 0 unspecified atom stereocenters. The topological polar surface area (TPSA) is 35.5 Å². The average Bonchev–Trinajstić information content (AvgIpc) is 2.30. The van der Waals surface area contributed by atoms with Crippen molar-refractivity contribution in [1.29, 1.82) is 0 Å². The summed E-state index contributed by atoms with van der Waals surface area (Å²) < 4.78 is 10.9. The predicted octanol–water partition coefficient (Wildman–Crippen LogP) is 3.13. The van der Waals surface area contributed by atoms with Crippen molar-refractivity contribution >= 4 is 14.3 Å².